The Bertz CT molecular complexity index is 3910. The number of hydrogen-bond acceptors (Lipinski definition) is 19. The molecule has 4 aromatic heterocycles. The smallest absolute Gasteiger partial charge is 0.243 e. The van der Waals surface area contributed by atoms with Crippen molar-refractivity contribution in [1.82, 2.24) is 33.3 Å². The van der Waals surface area contributed by atoms with E-state index < -0.39 is 51.9 Å². The monoisotopic (exact) mass is 1190 g/mol. The number of nitrogens with one attached hydrogen (secondary N) is 1. The molecule has 434 valence electrons. The van der Waals surface area contributed by atoms with Crippen LogP contribution in [0.1, 0.15) is 98.7 Å². The number of pyridine rings is 1. The van der Waals surface area contributed by atoms with Gasteiger partial charge in [-0.15, -0.1) is 10.2 Å². The summed E-state index contributed by atoms with van der Waals surface area (Å²) in [5.74, 6) is 0.898. The molecular formula is C58H70N12O8S4. The minimum absolute atomic E-state index is 0.00545. The lowest BCUT2D eigenvalue weighted by molar-refractivity contribution is 0.217. The second-order valence-corrected chi connectivity index (χ2v) is 26.6. The van der Waals surface area contributed by atoms with Crippen molar-refractivity contribution in [3.63, 3.8) is 0 Å². The fraction of sp³-hybridized carbons (Fsp3) is 0.397. The van der Waals surface area contributed by atoms with Gasteiger partial charge in [0.15, 0.2) is 16.8 Å². The number of aliphatic hydroxyl groups is 4. The van der Waals surface area contributed by atoms with Crippen LogP contribution in [0.15, 0.2) is 86.7 Å². The van der Waals surface area contributed by atoms with Crippen molar-refractivity contribution in [2.24, 2.45) is 10.2 Å². The average Bonchev–Trinajstić information content (AvgIpc) is 4.33. The molecule has 0 saturated carbocycles. The number of azo groups is 1. The molecular weight excluding hydrogens is 1120 g/mol. The summed E-state index contributed by atoms with van der Waals surface area (Å²) in [6.45, 7) is 17.7. The molecule has 20 nitrogen and oxygen atoms in total. The SMILES string of the molecule is CCc1cc(C)cc(CC)c1Nc1nc(N(c2nc3ccc(S(=O)(=O)N(CCO)CCO)cc3s2)c2c(CC)cc(C)cc2CC)cc(C)c1N=Nc1c(C#N)c(C(C)(C)C)nn1-c1nc2ccc(S(=O)(=O)N(CCO)CCO)cc2s1. The first-order valence-corrected chi connectivity index (χ1v) is 31.7. The van der Waals surface area contributed by atoms with Gasteiger partial charge in [0.05, 0.1) is 68.0 Å². The second kappa shape index (κ2) is 25.5. The number of rotatable bonds is 24. The molecule has 0 aliphatic carbocycles. The van der Waals surface area contributed by atoms with Gasteiger partial charge >= 0.3 is 0 Å². The Hall–Kier alpha value is -6.63. The molecule has 0 fully saturated rings. The van der Waals surface area contributed by atoms with Gasteiger partial charge in [-0.25, -0.2) is 31.8 Å². The summed E-state index contributed by atoms with van der Waals surface area (Å²) >= 11 is 2.44. The van der Waals surface area contributed by atoms with Crippen LogP contribution in [0, 0.1) is 32.1 Å². The van der Waals surface area contributed by atoms with Gasteiger partial charge in [0, 0.05) is 37.3 Å². The third-order valence-corrected chi connectivity index (χ3v) is 19.7. The topological polar surface area (TPSA) is 276 Å². The van der Waals surface area contributed by atoms with E-state index in [9.17, 15) is 42.5 Å². The van der Waals surface area contributed by atoms with Gasteiger partial charge in [-0.3, -0.25) is 4.90 Å². The van der Waals surface area contributed by atoms with Crippen LogP contribution in [-0.2, 0) is 51.1 Å². The number of nitrogens with zero attached hydrogens (tertiary/aromatic N) is 11. The summed E-state index contributed by atoms with van der Waals surface area (Å²) in [5, 5.41) is 69.1. The molecule has 82 heavy (non-hydrogen) atoms. The molecule has 5 N–H and O–H groups in total. The number of nitriles is 1. The van der Waals surface area contributed by atoms with E-state index in [2.05, 4.69) is 77.2 Å². The first-order valence-electron chi connectivity index (χ1n) is 27.1. The number of anilines is 5. The molecule has 0 saturated heterocycles. The van der Waals surface area contributed by atoms with Gasteiger partial charge in [0.1, 0.15) is 23.1 Å². The molecule has 4 aromatic carbocycles. The lowest BCUT2D eigenvalue weighted by atomic mass is 9.90. The molecule has 0 atom stereocenters. The number of hydrogen-bond donors (Lipinski definition) is 5. The Kier molecular flexibility index (Phi) is 19.1. The van der Waals surface area contributed by atoms with Crippen LogP contribution in [0.5, 0.6) is 0 Å². The number of aromatic nitrogens is 5. The van der Waals surface area contributed by atoms with Gasteiger partial charge in [-0.1, -0.05) is 107 Å². The molecule has 24 heteroatoms. The molecule has 0 aliphatic heterocycles. The molecule has 0 radical (unpaired) electrons. The zero-order valence-electron chi connectivity index (χ0n) is 47.8. The average molecular weight is 1190 g/mol. The summed E-state index contributed by atoms with van der Waals surface area (Å²) in [5.41, 5.74) is 10.0. The first-order chi connectivity index (χ1) is 39.1. The lowest BCUT2D eigenvalue weighted by Gasteiger charge is -2.28. The summed E-state index contributed by atoms with van der Waals surface area (Å²) in [7, 11) is -8.23. The number of thiazole rings is 2. The summed E-state index contributed by atoms with van der Waals surface area (Å²) in [6, 6.07) is 22.0. The Morgan fingerprint density at radius 2 is 1.15 bits per heavy atom. The Labute approximate surface area is 487 Å². The van der Waals surface area contributed by atoms with Crippen LogP contribution in [0.3, 0.4) is 0 Å². The molecule has 0 aliphatic rings. The standard InChI is InChI=1S/C58H70N12O8S4/c1-11-38-27-35(5)28-39(12-2)51(38)63-54-50(64-65-55-44(34-59)53(58(8,9)10)66-70(55)57-61-46-18-16-43(33-48(46)80-57)82(77,78)68(21-25-73)22-26-74)37(7)31-49(62-54)69(52-40(13-3)29-36(6)30-41(52)14-4)56-60-45-17-15-42(32-47(45)79-56)81(75,76)67(19-23-71)20-24-72/h15-18,27-33,71-74H,11-14,19-26H2,1-10H3,(H,62,63). The van der Waals surface area contributed by atoms with Gasteiger partial charge < -0.3 is 25.7 Å². The van der Waals surface area contributed by atoms with Crippen LogP contribution in [0.25, 0.3) is 25.6 Å². The van der Waals surface area contributed by atoms with Crippen LogP contribution in [0.4, 0.5) is 39.6 Å². The minimum atomic E-state index is -4.12. The van der Waals surface area contributed by atoms with E-state index >= 15 is 0 Å². The fourth-order valence-corrected chi connectivity index (χ4v) is 15.0. The third-order valence-electron chi connectivity index (χ3n) is 13.9. The van der Waals surface area contributed by atoms with Crippen molar-refractivity contribution in [2.45, 2.75) is 110 Å². The molecule has 0 bridgehead atoms. The number of sulfonamides is 2. The molecule has 4 heterocycles. The largest absolute Gasteiger partial charge is 0.395 e. The van der Waals surface area contributed by atoms with Crippen molar-refractivity contribution in [3.05, 3.63) is 117 Å². The van der Waals surface area contributed by atoms with E-state index in [0.717, 1.165) is 64.7 Å². The van der Waals surface area contributed by atoms with Gasteiger partial charge in [-0.2, -0.15) is 23.7 Å². The van der Waals surface area contributed by atoms with Crippen molar-refractivity contribution in [3.8, 4) is 11.2 Å². The Morgan fingerprint density at radius 3 is 1.62 bits per heavy atom. The predicted octanol–water partition coefficient (Wildman–Crippen LogP) is 10.4. The normalized spacial score (nSPS) is 12.5. The quantitative estimate of drug-likeness (QED) is 0.0352. The van der Waals surface area contributed by atoms with Gasteiger partial charge in [0.25, 0.3) is 0 Å². The summed E-state index contributed by atoms with van der Waals surface area (Å²) in [6.07, 6.45) is 2.71. The van der Waals surface area contributed by atoms with Crippen molar-refractivity contribution in [2.75, 3.05) is 62.8 Å². The molecule has 8 rings (SSSR count). The first kappa shape index (κ1) is 61.4. The molecule has 0 unspecified atom stereocenters. The third kappa shape index (κ3) is 12.4. The van der Waals surface area contributed by atoms with Crippen LogP contribution in [-0.4, -0.2) is 123 Å². The predicted molar refractivity (Wildman–Crippen MR) is 324 cm³/mol. The van der Waals surface area contributed by atoms with E-state index in [4.69, 9.17) is 30.3 Å². The highest BCUT2D eigenvalue weighted by Gasteiger charge is 2.32. The second-order valence-electron chi connectivity index (χ2n) is 20.7. The van der Waals surface area contributed by atoms with Gasteiger partial charge in [0.2, 0.25) is 25.2 Å². The van der Waals surface area contributed by atoms with E-state index in [-0.39, 0.29) is 52.5 Å². The highest BCUT2D eigenvalue weighted by molar-refractivity contribution is 7.89. The van der Waals surface area contributed by atoms with Crippen LogP contribution < -0.4 is 10.2 Å². The molecule has 0 amide bonds. The van der Waals surface area contributed by atoms with Crippen molar-refractivity contribution < 1.29 is 37.3 Å². The fourth-order valence-electron chi connectivity index (χ4n) is 9.93. The summed E-state index contributed by atoms with van der Waals surface area (Å²) < 4.78 is 59.9. The van der Waals surface area contributed by atoms with Crippen LogP contribution in [0.2, 0.25) is 0 Å². The lowest BCUT2D eigenvalue weighted by Crippen LogP contribution is -2.35. The highest BCUT2D eigenvalue weighted by Crippen LogP contribution is 2.47. The van der Waals surface area contributed by atoms with E-state index in [0.29, 0.717) is 79.8 Å². The maximum absolute atomic E-state index is 13.9. The Balaban J connectivity index is 1.36. The molecule has 0 spiro atoms. The van der Waals surface area contributed by atoms with E-state index in [1.54, 1.807) is 18.2 Å². The zero-order chi connectivity index (χ0) is 59.4. The molecule has 8 aromatic rings. The van der Waals surface area contributed by atoms with Gasteiger partial charge in [-0.05, 0) is 117 Å². The number of aryl methyl sites for hydroxylation is 7. The number of benzene rings is 4. The highest BCUT2D eigenvalue weighted by atomic mass is 32.2. The zero-order valence-corrected chi connectivity index (χ0v) is 51.1. The number of aliphatic hydroxyl groups excluding tert-OH is 4. The van der Waals surface area contributed by atoms with E-state index in [1.165, 1.54) is 34.2 Å². The maximum atomic E-state index is 13.9. The maximum Gasteiger partial charge on any atom is 0.243 e. The van der Waals surface area contributed by atoms with Crippen molar-refractivity contribution >= 4 is 103 Å². The van der Waals surface area contributed by atoms with E-state index in [1.807, 2.05) is 38.7 Å². The summed E-state index contributed by atoms with van der Waals surface area (Å²) in [4.78, 5) is 17.5. The van der Waals surface area contributed by atoms with Crippen LogP contribution >= 0.6 is 22.7 Å². The minimum Gasteiger partial charge on any atom is -0.395 e. The van der Waals surface area contributed by atoms with Crippen molar-refractivity contribution in [1.29, 1.82) is 5.26 Å². The Morgan fingerprint density at radius 1 is 0.659 bits per heavy atom. The number of fused-ring (bicyclic) bond motifs is 2.